The molecule has 118 valence electrons. The van der Waals surface area contributed by atoms with Crippen LogP contribution in [0.15, 0.2) is 58.3 Å². The molecule has 0 unspecified atom stereocenters. The topological polar surface area (TPSA) is 63.2 Å². The molecule has 1 N–H and O–H groups in total. The Morgan fingerprint density at radius 3 is 2.35 bits per heavy atom. The maximum Gasteiger partial charge on any atom is 0.269 e. The molecule has 1 aliphatic rings. The molecule has 0 bridgehead atoms. The van der Waals surface area contributed by atoms with Crippen molar-refractivity contribution in [2.24, 2.45) is 0 Å². The van der Waals surface area contributed by atoms with Gasteiger partial charge in [-0.05, 0) is 30.2 Å². The molecule has 4 nitrogen and oxygen atoms in total. The lowest BCUT2D eigenvalue weighted by atomic mass is 10.1. The van der Waals surface area contributed by atoms with Crippen molar-refractivity contribution in [1.29, 1.82) is 0 Å². The van der Waals surface area contributed by atoms with E-state index in [1.807, 2.05) is 19.1 Å². The highest BCUT2D eigenvalue weighted by Gasteiger charge is 2.39. The maximum atomic E-state index is 12.5. The Morgan fingerprint density at radius 2 is 1.74 bits per heavy atom. The summed E-state index contributed by atoms with van der Waals surface area (Å²) in [6, 6.07) is 13.5. The second kappa shape index (κ2) is 5.83. The number of fused-ring (bicyclic) bond motifs is 1. The van der Waals surface area contributed by atoms with E-state index in [-0.39, 0.29) is 9.93 Å². The van der Waals surface area contributed by atoms with E-state index in [4.69, 9.17) is 11.6 Å². The van der Waals surface area contributed by atoms with E-state index < -0.39 is 20.6 Å². The second-order valence-corrected chi connectivity index (χ2v) is 7.38. The van der Waals surface area contributed by atoms with Crippen molar-refractivity contribution in [2.75, 3.05) is 5.32 Å². The SMILES string of the molecule is CCc1ccc(NC(=O)C2=C(Cl)c3ccccc3S2(=O)=O)cc1. The first-order valence-corrected chi connectivity index (χ1v) is 8.96. The third-order valence-electron chi connectivity index (χ3n) is 3.71. The van der Waals surface area contributed by atoms with Crippen LogP contribution in [0.5, 0.6) is 0 Å². The zero-order chi connectivity index (χ0) is 16.6. The average molecular weight is 348 g/mol. The molecule has 2 aromatic rings. The third-order valence-corrected chi connectivity index (χ3v) is 6.07. The average Bonchev–Trinajstić information content (AvgIpc) is 2.75. The summed E-state index contributed by atoms with van der Waals surface area (Å²) < 4.78 is 25.0. The summed E-state index contributed by atoms with van der Waals surface area (Å²) in [6.07, 6.45) is 0.884. The van der Waals surface area contributed by atoms with Gasteiger partial charge < -0.3 is 5.32 Å². The van der Waals surface area contributed by atoms with Crippen molar-refractivity contribution in [3.05, 3.63) is 64.6 Å². The maximum absolute atomic E-state index is 12.5. The minimum atomic E-state index is -3.89. The van der Waals surface area contributed by atoms with Gasteiger partial charge in [0.15, 0.2) is 4.91 Å². The molecule has 0 atom stereocenters. The van der Waals surface area contributed by atoms with E-state index in [1.54, 1.807) is 30.3 Å². The van der Waals surface area contributed by atoms with Gasteiger partial charge in [-0.25, -0.2) is 8.42 Å². The van der Waals surface area contributed by atoms with Crippen molar-refractivity contribution < 1.29 is 13.2 Å². The van der Waals surface area contributed by atoms with Gasteiger partial charge in [0.2, 0.25) is 9.84 Å². The molecule has 0 saturated heterocycles. The highest BCUT2D eigenvalue weighted by molar-refractivity contribution is 7.97. The standard InChI is InChI=1S/C17H14ClNO3S/c1-2-11-7-9-12(10-8-11)19-17(20)16-15(18)13-5-3-4-6-14(13)23(16,21)22/h3-10H,2H2,1H3,(H,19,20). The number of rotatable bonds is 3. The van der Waals surface area contributed by atoms with Crippen molar-refractivity contribution in [3.63, 3.8) is 0 Å². The molecule has 0 radical (unpaired) electrons. The summed E-state index contributed by atoms with van der Waals surface area (Å²) >= 11 is 6.14. The quantitative estimate of drug-likeness (QED) is 0.923. The van der Waals surface area contributed by atoms with Gasteiger partial charge in [0.05, 0.1) is 9.93 Å². The van der Waals surface area contributed by atoms with E-state index >= 15 is 0 Å². The lowest BCUT2D eigenvalue weighted by molar-refractivity contribution is -0.112. The van der Waals surface area contributed by atoms with Crippen LogP contribution in [0.3, 0.4) is 0 Å². The Balaban J connectivity index is 1.95. The number of nitrogens with one attached hydrogen (secondary N) is 1. The van der Waals surface area contributed by atoms with Gasteiger partial charge in [-0.2, -0.15) is 0 Å². The Hall–Kier alpha value is -2.11. The Labute approximate surface area is 139 Å². The van der Waals surface area contributed by atoms with E-state index in [0.717, 1.165) is 12.0 Å². The molecular formula is C17H14ClNO3S. The van der Waals surface area contributed by atoms with E-state index in [1.165, 1.54) is 6.07 Å². The second-order valence-electron chi connectivity index (χ2n) is 5.15. The molecule has 0 fully saturated rings. The molecule has 6 heteroatoms. The lowest BCUT2D eigenvalue weighted by Crippen LogP contribution is -2.19. The fraction of sp³-hybridized carbons (Fsp3) is 0.118. The zero-order valence-corrected chi connectivity index (χ0v) is 13.9. The molecule has 3 rings (SSSR count). The summed E-state index contributed by atoms with van der Waals surface area (Å²) in [5.41, 5.74) is 2.01. The van der Waals surface area contributed by atoms with Crippen LogP contribution >= 0.6 is 11.6 Å². The van der Waals surface area contributed by atoms with Crippen LogP contribution in [-0.4, -0.2) is 14.3 Å². The Bertz CT molecular complexity index is 915. The Kier molecular flexibility index (Phi) is 4.00. The van der Waals surface area contributed by atoms with Gasteiger partial charge in [-0.15, -0.1) is 0 Å². The number of sulfone groups is 1. The first-order valence-electron chi connectivity index (χ1n) is 7.09. The molecule has 1 amide bonds. The molecule has 1 aliphatic heterocycles. The van der Waals surface area contributed by atoms with Gasteiger partial charge in [0.1, 0.15) is 0 Å². The van der Waals surface area contributed by atoms with Crippen LogP contribution in [0.4, 0.5) is 5.69 Å². The normalized spacial score (nSPS) is 15.4. The molecule has 0 saturated carbocycles. The summed E-state index contributed by atoms with van der Waals surface area (Å²) in [7, 11) is -3.89. The molecule has 0 aliphatic carbocycles. The first kappa shape index (κ1) is 15.8. The summed E-state index contributed by atoms with van der Waals surface area (Å²) in [5.74, 6) is -0.726. The number of hydrogen-bond acceptors (Lipinski definition) is 3. The van der Waals surface area contributed by atoms with Crippen LogP contribution in [-0.2, 0) is 21.1 Å². The fourth-order valence-corrected chi connectivity index (χ4v) is 4.66. The minimum absolute atomic E-state index is 0.0386. The monoisotopic (exact) mass is 347 g/mol. The van der Waals surface area contributed by atoms with E-state index in [2.05, 4.69) is 5.32 Å². The number of carbonyl (C=O) groups is 1. The molecule has 1 heterocycles. The predicted octanol–water partition coefficient (Wildman–Crippen LogP) is 3.58. The van der Waals surface area contributed by atoms with Crippen molar-refractivity contribution in [3.8, 4) is 0 Å². The summed E-state index contributed by atoms with van der Waals surface area (Å²) in [6.45, 7) is 2.03. The highest BCUT2D eigenvalue weighted by Crippen LogP contribution is 2.41. The minimum Gasteiger partial charge on any atom is -0.321 e. The van der Waals surface area contributed by atoms with Gasteiger partial charge in [0.25, 0.3) is 5.91 Å². The van der Waals surface area contributed by atoms with Gasteiger partial charge >= 0.3 is 0 Å². The van der Waals surface area contributed by atoms with Gasteiger partial charge in [-0.3, -0.25) is 4.79 Å². The predicted molar refractivity (Wildman–Crippen MR) is 90.9 cm³/mol. The number of amides is 1. The van der Waals surface area contributed by atoms with Crippen molar-refractivity contribution in [1.82, 2.24) is 0 Å². The number of halogens is 1. The largest absolute Gasteiger partial charge is 0.321 e. The number of hydrogen-bond donors (Lipinski definition) is 1. The number of benzene rings is 2. The van der Waals surface area contributed by atoms with Gasteiger partial charge in [0, 0.05) is 11.3 Å². The number of carbonyl (C=O) groups excluding carboxylic acids is 1. The fourth-order valence-electron chi connectivity index (χ4n) is 2.47. The van der Waals surface area contributed by atoms with Crippen molar-refractivity contribution in [2.45, 2.75) is 18.2 Å². The number of aryl methyl sites for hydroxylation is 1. The van der Waals surface area contributed by atoms with Gasteiger partial charge in [-0.1, -0.05) is 48.9 Å². The Morgan fingerprint density at radius 1 is 1.09 bits per heavy atom. The van der Waals surface area contributed by atoms with E-state index in [0.29, 0.717) is 11.3 Å². The smallest absolute Gasteiger partial charge is 0.269 e. The molecule has 0 spiro atoms. The van der Waals surface area contributed by atoms with Crippen LogP contribution in [0.1, 0.15) is 18.1 Å². The van der Waals surface area contributed by atoms with E-state index in [9.17, 15) is 13.2 Å². The zero-order valence-electron chi connectivity index (χ0n) is 12.3. The third kappa shape index (κ3) is 2.66. The molecular weight excluding hydrogens is 334 g/mol. The van der Waals surface area contributed by atoms with Crippen LogP contribution in [0.25, 0.3) is 5.03 Å². The van der Waals surface area contributed by atoms with Crippen LogP contribution in [0, 0.1) is 0 Å². The molecule has 2 aromatic carbocycles. The summed E-state index contributed by atoms with van der Waals surface area (Å²) in [5, 5.41) is 2.56. The molecule has 0 aromatic heterocycles. The highest BCUT2D eigenvalue weighted by atomic mass is 35.5. The van der Waals surface area contributed by atoms with Crippen LogP contribution in [0.2, 0.25) is 0 Å². The number of anilines is 1. The summed E-state index contributed by atoms with van der Waals surface area (Å²) in [4.78, 5) is 12.1. The lowest BCUT2D eigenvalue weighted by Gasteiger charge is -2.07. The van der Waals surface area contributed by atoms with Crippen LogP contribution < -0.4 is 5.32 Å². The van der Waals surface area contributed by atoms with Crippen molar-refractivity contribution >= 4 is 38.1 Å². The first-order chi connectivity index (χ1) is 10.9. The molecule has 23 heavy (non-hydrogen) atoms.